The predicted molar refractivity (Wildman–Crippen MR) is 94.8 cm³/mol. The van der Waals surface area contributed by atoms with Gasteiger partial charge in [-0.1, -0.05) is 18.2 Å². The molecule has 4 heteroatoms. The van der Waals surface area contributed by atoms with Crippen molar-refractivity contribution in [1.82, 2.24) is 9.88 Å². The van der Waals surface area contributed by atoms with Crippen LogP contribution in [0.1, 0.15) is 37.1 Å². The van der Waals surface area contributed by atoms with Crippen LogP contribution >= 0.6 is 0 Å². The molecule has 24 heavy (non-hydrogen) atoms. The van der Waals surface area contributed by atoms with Crippen molar-refractivity contribution in [1.29, 1.82) is 0 Å². The van der Waals surface area contributed by atoms with Gasteiger partial charge in [0.05, 0.1) is 18.4 Å². The molecule has 0 spiro atoms. The molecule has 0 aliphatic carbocycles. The van der Waals surface area contributed by atoms with Crippen molar-refractivity contribution in [3.8, 4) is 5.75 Å². The average Bonchev–Trinajstić information content (AvgIpc) is 2.64. The van der Waals surface area contributed by atoms with Crippen LogP contribution in [-0.2, 0) is 6.54 Å². The maximum Gasteiger partial charge on any atom is 0.119 e. The molecule has 4 nitrogen and oxygen atoms in total. The number of aliphatic hydroxyl groups excluding tert-OH is 1. The first-order valence-corrected chi connectivity index (χ1v) is 8.79. The zero-order valence-corrected chi connectivity index (χ0v) is 14.3. The molecule has 1 N–H and O–H groups in total. The summed E-state index contributed by atoms with van der Waals surface area (Å²) in [5.41, 5.74) is 2.10. The van der Waals surface area contributed by atoms with Gasteiger partial charge in [-0.05, 0) is 68.6 Å². The Morgan fingerprint density at radius 1 is 1.17 bits per heavy atom. The van der Waals surface area contributed by atoms with Crippen LogP contribution in [0.5, 0.6) is 5.75 Å². The number of pyridine rings is 1. The lowest BCUT2D eigenvalue weighted by Crippen LogP contribution is -2.35. The van der Waals surface area contributed by atoms with E-state index < -0.39 is 6.10 Å². The molecule has 0 amide bonds. The molecule has 2 aromatic rings. The van der Waals surface area contributed by atoms with E-state index in [0.717, 1.165) is 43.9 Å². The highest BCUT2D eigenvalue weighted by atomic mass is 16.5. The van der Waals surface area contributed by atoms with Gasteiger partial charge in [-0.25, -0.2) is 0 Å². The van der Waals surface area contributed by atoms with Crippen LogP contribution in [0.2, 0.25) is 0 Å². The number of hydrogen-bond donors (Lipinski definition) is 1. The molecule has 1 saturated heterocycles. The quantitative estimate of drug-likeness (QED) is 0.883. The van der Waals surface area contributed by atoms with Gasteiger partial charge in [-0.3, -0.25) is 9.88 Å². The van der Waals surface area contributed by atoms with Crippen LogP contribution in [0.15, 0.2) is 48.7 Å². The average molecular weight is 326 g/mol. The molecule has 2 heterocycles. The van der Waals surface area contributed by atoms with Gasteiger partial charge in [0.25, 0.3) is 0 Å². The van der Waals surface area contributed by atoms with Gasteiger partial charge in [-0.15, -0.1) is 0 Å². The van der Waals surface area contributed by atoms with E-state index in [9.17, 15) is 5.11 Å². The zero-order chi connectivity index (χ0) is 16.8. The van der Waals surface area contributed by atoms with Crippen molar-refractivity contribution < 1.29 is 9.84 Å². The normalized spacial score (nSPS) is 17.6. The highest BCUT2D eigenvalue weighted by Gasteiger charge is 2.26. The summed E-state index contributed by atoms with van der Waals surface area (Å²) in [6.45, 7) is 5.69. The van der Waals surface area contributed by atoms with Gasteiger partial charge < -0.3 is 9.84 Å². The Balaban J connectivity index is 1.50. The van der Waals surface area contributed by atoms with Crippen LogP contribution in [-0.4, -0.2) is 34.7 Å². The summed E-state index contributed by atoms with van der Waals surface area (Å²) in [7, 11) is 0. The van der Waals surface area contributed by atoms with Crippen molar-refractivity contribution >= 4 is 0 Å². The second-order valence-corrected chi connectivity index (χ2v) is 6.39. The number of aliphatic hydroxyl groups is 1. The molecule has 1 aromatic carbocycles. The number of likely N-dealkylation sites (tertiary alicyclic amines) is 1. The first-order chi connectivity index (χ1) is 11.8. The fraction of sp³-hybridized carbons (Fsp3) is 0.450. The smallest absolute Gasteiger partial charge is 0.119 e. The van der Waals surface area contributed by atoms with Crippen molar-refractivity contribution in [2.24, 2.45) is 5.92 Å². The molecule has 1 aliphatic heterocycles. The van der Waals surface area contributed by atoms with E-state index in [1.165, 1.54) is 5.56 Å². The Morgan fingerprint density at radius 2 is 1.92 bits per heavy atom. The molecule has 3 rings (SSSR count). The van der Waals surface area contributed by atoms with Gasteiger partial charge in [0.15, 0.2) is 0 Å². The molecule has 1 unspecified atom stereocenters. The van der Waals surface area contributed by atoms with Gasteiger partial charge in [0, 0.05) is 12.7 Å². The Bertz CT molecular complexity index is 607. The summed E-state index contributed by atoms with van der Waals surface area (Å²) >= 11 is 0. The second-order valence-electron chi connectivity index (χ2n) is 6.39. The van der Waals surface area contributed by atoms with Crippen LogP contribution in [0.25, 0.3) is 0 Å². The van der Waals surface area contributed by atoms with Crippen molar-refractivity contribution in [3.63, 3.8) is 0 Å². The van der Waals surface area contributed by atoms with E-state index in [4.69, 9.17) is 4.74 Å². The topological polar surface area (TPSA) is 45.6 Å². The van der Waals surface area contributed by atoms with Gasteiger partial charge in [0.1, 0.15) is 5.75 Å². The standard InChI is InChI=1S/C20H26N2O2/c1-2-24-18-8-6-16(7-9-18)15-22-13-10-17(11-14-22)20(23)19-5-3-4-12-21-19/h3-9,12,17,20,23H,2,10-11,13-15H2,1H3. The minimum atomic E-state index is -0.446. The van der Waals surface area contributed by atoms with E-state index in [1.54, 1.807) is 6.20 Å². The molecule has 1 aliphatic rings. The number of benzene rings is 1. The summed E-state index contributed by atoms with van der Waals surface area (Å²) < 4.78 is 5.49. The maximum atomic E-state index is 10.5. The Kier molecular flexibility index (Phi) is 5.83. The molecule has 0 radical (unpaired) electrons. The van der Waals surface area contributed by atoms with E-state index in [0.29, 0.717) is 12.5 Å². The largest absolute Gasteiger partial charge is 0.494 e. The molecule has 0 bridgehead atoms. The summed E-state index contributed by atoms with van der Waals surface area (Å²) in [6.07, 6.45) is 3.32. The van der Waals surface area contributed by atoms with Crippen molar-refractivity contribution in [2.45, 2.75) is 32.4 Å². The fourth-order valence-corrected chi connectivity index (χ4v) is 3.34. The van der Waals surface area contributed by atoms with Crippen molar-refractivity contribution in [2.75, 3.05) is 19.7 Å². The first-order valence-electron chi connectivity index (χ1n) is 8.79. The summed E-state index contributed by atoms with van der Waals surface area (Å²) in [5, 5.41) is 10.5. The van der Waals surface area contributed by atoms with Crippen LogP contribution in [0, 0.1) is 5.92 Å². The third-order valence-corrected chi connectivity index (χ3v) is 4.71. The summed E-state index contributed by atoms with van der Waals surface area (Å²) in [6, 6.07) is 14.1. The van der Waals surface area contributed by atoms with E-state index >= 15 is 0 Å². The summed E-state index contributed by atoms with van der Waals surface area (Å²) in [5.74, 6) is 1.23. The van der Waals surface area contributed by atoms with Crippen LogP contribution in [0.3, 0.4) is 0 Å². The molecule has 1 aromatic heterocycles. The number of piperidine rings is 1. The van der Waals surface area contributed by atoms with Crippen LogP contribution < -0.4 is 4.74 Å². The van der Waals surface area contributed by atoms with Gasteiger partial charge in [-0.2, -0.15) is 0 Å². The molecular weight excluding hydrogens is 300 g/mol. The lowest BCUT2D eigenvalue weighted by molar-refractivity contribution is 0.0540. The number of rotatable bonds is 6. The van der Waals surface area contributed by atoms with Crippen LogP contribution in [0.4, 0.5) is 0 Å². The minimum absolute atomic E-state index is 0.302. The number of aromatic nitrogens is 1. The third-order valence-electron chi connectivity index (χ3n) is 4.71. The van der Waals surface area contributed by atoms with Gasteiger partial charge >= 0.3 is 0 Å². The third kappa shape index (κ3) is 4.34. The Hall–Kier alpha value is -1.91. The lowest BCUT2D eigenvalue weighted by Gasteiger charge is -2.34. The number of hydrogen-bond acceptors (Lipinski definition) is 4. The SMILES string of the molecule is CCOc1ccc(CN2CCC(C(O)c3ccccn3)CC2)cc1. The highest BCUT2D eigenvalue weighted by molar-refractivity contribution is 5.27. The Morgan fingerprint density at radius 3 is 2.54 bits per heavy atom. The van der Waals surface area contributed by atoms with Gasteiger partial charge in [0.2, 0.25) is 0 Å². The second kappa shape index (κ2) is 8.27. The highest BCUT2D eigenvalue weighted by Crippen LogP contribution is 2.30. The molecule has 1 fully saturated rings. The first kappa shape index (κ1) is 16.9. The van der Waals surface area contributed by atoms with E-state index in [-0.39, 0.29) is 0 Å². The number of ether oxygens (including phenoxy) is 1. The van der Waals surface area contributed by atoms with E-state index in [1.807, 2.05) is 37.3 Å². The summed E-state index contributed by atoms with van der Waals surface area (Å²) in [4.78, 5) is 6.74. The lowest BCUT2D eigenvalue weighted by atomic mass is 9.89. The monoisotopic (exact) mass is 326 g/mol. The molecular formula is C20H26N2O2. The fourth-order valence-electron chi connectivity index (χ4n) is 3.34. The number of nitrogens with zero attached hydrogens (tertiary/aromatic N) is 2. The molecule has 0 saturated carbocycles. The molecule has 128 valence electrons. The molecule has 1 atom stereocenters. The van der Waals surface area contributed by atoms with Crippen molar-refractivity contribution in [3.05, 3.63) is 59.9 Å². The maximum absolute atomic E-state index is 10.5. The zero-order valence-electron chi connectivity index (χ0n) is 14.3. The minimum Gasteiger partial charge on any atom is -0.494 e. The predicted octanol–water partition coefficient (Wildman–Crippen LogP) is 3.43. The Labute approximate surface area is 144 Å². The van der Waals surface area contributed by atoms with E-state index in [2.05, 4.69) is 22.0 Å².